The van der Waals surface area contributed by atoms with Gasteiger partial charge in [0, 0.05) is 6.42 Å². The SMILES string of the molecule is O=CCCC1CCCCNC1. The lowest BCUT2D eigenvalue weighted by atomic mass is 9.98. The van der Waals surface area contributed by atoms with E-state index in [4.69, 9.17) is 0 Å². The fourth-order valence-electron chi connectivity index (χ4n) is 1.64. The highest BCUT2D eigenvalue weighted by molar-refractivity contribution is 5.49. The van der Waals surface area contributed by atoms with E-state index < -0.39 is 0 Å². The zero-order chi connectivity index (χ0) is 7.94. The maximum Gasteiger partial charge on any atom is 0.120 e. The second kappa shape index (κ2) is 5.30. The van der Waals surface area contributed by atoms with Gasteiger partial charge in [-0.3, -0.25) is 0 Å². The highest BCUT2D eigenvalue weighted by atomic mass is 16.1. The van der Waals surface area contributed by atoms with Crippen molar-refractivity contribution in [3.63, 3.8) is 0 Å². The van der Waals surface area contributed by atoms with Crippen molar-refractivity contribution >= 4 is 6.29 Å². The van der Waals surface area contributed by atoms with Gasteiger partial charge in [-0.2, -0.15) is 0 Å². The molecule has 0 aromatic carbocycles. The third-order valence-corrected chi connectivity index (χ3v) is 2.34. The summed E-state index contributed by atoms with van der Waals surface area (Å²) < 4.78 is 0. The van der Waals surface area contributed by atoms with Crippen LogP contribution in [0.1, 0.15) is 32.1 Å². The fraction of sp³-hybridized carbons (Fsp3) is 0.889. The van der Waals surface area contributed by atoms with Crippen LogP contribution in [0.2, 0.25) is 0 Å². The molecule has 0 aliphatic carbocycles. The Bertz CT molecular complexity index is 106. The van der Waals surface area contributed by atoms with E-state index in [9.17, 15) is 4.79 Å². The number of nitrogens with one attached hydrogen (secondary N) is 1. The summed E-state index contributed by atoms with van der Waals surface area (Å²) in [5, 5.41) is 3.39. The maximum atomic E-state index is 10.1. The van der Waals surface area contributed by atoms with Crippen LogP contribution in [0.25, 0.3) is 0 Å². The predicted octanol–water partition coefficient (Wildman–Crippen LogP) is 1.36. The second-order valence-electron chi connectivity index (χ2n) is 3.31. The largest absolute Gasteiger partial charge is 0.316 e. The Morgan fingerprint density at radius 2 is 2.36 bits per heavy atom. The molecule has 0 bridgehead atoms. The smallest absolute Gasteiger partial charge is 0.120 e. The van der Waals surface area contributed by atoms with E-state index >= 15 is 0 Å². The zero-order valence-electron chi connectivity index (χ0n) is 7.01. The molecule has 1 heterocycles. The number of aldehydes is 1. The van der Waals surface area contributed by atoms with Gasteiger partial charge in [0.1, 0.15) is 6.29 Å². The van der Waals surface area contributed by atoms with Gasteiger partial charge < -0.3 is 10.1 Å². The average Bonchev–Trinajstić information content (AvgIpc) is 2.28. The normalized spacial score (nSPS) is 26.0. The molecule has 64 valence electrons. The molecule has 0 aromatic rings. The number of rotatable bonds is 3. The van der Waals surface area contributed by atoms with Gasteiger partial charge in [-0.15, -0.1) is 0 Å². The van der Waals surface area contributed by atoms with Crippen molar-refractivity contribution in [3.05, 3.63) is 0 Å². The van der Waals surface area contributed by atoms with Crippen LogP contribution in [-0.2, 0) is 4.79 Å². The first-order chi connectivity index (χ1) is 5.43. The Balaban J connectivity index is 2.14. The molecule has 1 aliphatic heterocycles. The molecule has 1 saturated heterocycles. The van der Waals surface area contributed by atoms with Crippen LogP contribution in [0, 0.1) is 5.92 Å². The van der Waals surface area contributed by atoms with Crippen molar-refractivity contribution < 1.29 is 4.79 Å². The van der Waals surface area contributed by atoms with Crippen molar-refractivity contribution in [2.24, 2.45) is 5.92 Å². The number of hydrogen-bond donors (Lipinski definition) is 1. The Hall–Kier alpha value is -0.370. The Morgan fingerprint density at radius 1 is 1.45 bits per heavy atom. The summed E-state index contributed by atoms with van der Waals surface area (Å²) in [6.07, 6.45) is 6.79. The van der Waals surface area contributed by atoms with Gasteiger partial charge in [-0.05, 0) is 38.3 Å². The molecule has 1 unspecified atom stereocenters. The zero-order valence-corrected chi connectivity index (χ0v) is 7.01. The van der Waals surface area contributed by atoms with Gasteiger partial charge in [0.05, 0.1) is 0 Å². The van der Waals surface area contributed by atoms with Crippen LogP contribution in [0.4, 0.5) is 0 Å². The molecule has 2 heteroatoms. The summed E-state index contributed by atoms with van der Waals surface area (Å²) in [5.74, 6) is 0.752. The molecule has 1 rings (SSSR count). The molecule has 0 radical (unpaired) electrons. The first-order valence-corrected chi connectivity index (χ1v) is 4.58. The van der Waals surface area contributed by atoms with Crippen LogP contribution in [0.15, 0.2) is 0 Å². The molecule has 1 aliphatic rings. The molecule has 1 fully saturated rings. The van der Waals surface area contributed by atoms with Crippen LogP contribution in [0.5, 0.6) is 0 Å². The van der Waals surface area contributed by atoms with Crippen molar-refractivity contribution in [1.82, 2.24) is 5.32 Å². The second-order valence-corrected chi connectivity index (χ2v) is 3.31. The molecule has 0 saturated carbocycles. The lowest BCUT2D eigenvalue weighted by molar-refractivity contribution is -0.108. The van der Waals surface area contributed by atoms with Crippen molar-refractivity contribution in [1.29, 1.82) is 0 Å². The summed E-state index contributed by atoms with van der Waals surface area (Å²) in [6.45, 7) is 2.28. The predicted molar refractivity (Wildman–Crippen MR) is 45.5 cm³/mol. The van der Waals surface area contributed by atoms with E-state index in [0.717, 1.165) is 38.1 Å². The molecular formula is C9H17NO. The molecule has 11 heavy (non-hydrogen) atoms. The first-order valence-electron chi connectivity index (χ1n) is 4.58. The Kier molecular flexibility index (Phi) is 4.21. The van der Waals surface area contributed by atoms with Gasteiger partial charge in [-0.1, -0.05) is 6.42 Å². The molecule has 2 nitrogen and oxygen atoms in total. The quantitative estimate of drug-likeness (QED) is 0.623. The van der Waals surface area contributed by atoms with Gasteiger partial charge in [0.2, 0.25) is 0 Å². The summed E-state index contributed by atoms with van der Waals surface area (Å²) in [7, 11) is 0. The first kappa shape index (κ1) is 8.72. The van der Waals surface area contributed by atoms with Crippen LogP contribution < -0.4 is 5.32 Å². The molecule has 1 N–H and O–H groups in total. The van der Waals surface area contributed by atoms with Crippen molar-refractivity contribution in [2.45, 2.75) is 32.1 Å². The van der Waals surface area contributed by atoms with Gasteiger partial charge >= 0.3 is 0 Å². The summed E-state index contributed by atoms with van der Waals surface area (Å²) in [4.78, 5) is 10.1. The van der Waals surface area contributed by atoms with E-state index in [1.54, 1.807) is 0 Å². The lowest BCUT2D eigenvalue weighted by Gasteiger charge is -2.11. The van der Waals surface area contributed by atoms with E-state index in [1.165, 1.54) is 19.3 Å². The standard InChI is InChI=1S/C9H17NO/c11-7-3-5-9-4-1-2-6-10-8-9/h7,9-10H,1-6,8H2. The highest BCUT2D eigenvalue weighted by Gasteiger charge is 2.10. The van der Waals surface area contributed by atoms with Crippen molar-refractivity contribution in [2.75, 3.05) is 13.1 Å². The molecular weight excluding hydrogens is 138 g/mol. The molecule has 0 spiro atoms. The van der Waals surface area contributed by atoms with E-state index in [0.29, 0.717) is 0 Å². The average molecular weight is 155 g/mol. The monoisotopic (exact) mass is 155 g/mol. The number of carbonyl (C=O) groups excluding carboxylic acids is 1. The summed E-state index contributed by atoms with van der Waals surface area (Å²) in [6, 6.07) is 0. The molecule has 0 aromatic heterocycles. The number of carbonyl (C=O) groups is 1. The van der Waals surface area contributed by atoms with Crippen LogP contribution >= 0.6 is 0 Å². The van der Waals surface area contributed by atoms with Crippen LogP contribution in [-0.4, -0.2) is 19.4 Å². The van der Waals surface area contributed by atoms with Gasteiger partial charge in [-0.25, -0.2) is 0 Å². The minimum atomic E-state index is 0.742. The summed E-state index contributed by atoms with van der Waals surface area (Å²) >= 11 is 0. The van der Waals surface area contributed by atoms with Crippen LogP contribution in [0.3, 0.4) is 0 Å². The Morgan fingerprint density at radius 3 is 3.18 bits per heavy atom. The molecule has 0 amide bonds. The minimum Gasteiger partial charge on any atom is -0.316 e. The fourth-order valence-corrected chi connectivity index (χ4v) is 1.64. The van der Waals surface area contributed by atoms with Gasteiger partial charge in [0.25, 0.3) is 0 Å². The van der Waals surface area contributed by atoms with E-state index in [1.807, 2.05) is 0 Å². The van der Waals surface area contributed by atoms with E-state index in [-0.39, 0.29) is 0 Å². The third kappa shape index (κ3) is 3.51. The highest BCUT2D eigenvalue weighted by Crippen LogP contribution is 2.15. The van der Waals surface area contributed by atoms with Gasteiger partial charge in [0.15, 0.2) is 0 Å². The number of hydrogen-bond acceptors (Lipinski definition) is 2. The lowest BCUT2D eigenvalue weighted by Crippen LogP contribution is -2.20. The topological polar surface area (TPSA) is 29.1 Å². The maximum absolute atomic E-state index is 10.1. The minimum absolute atomic E-state index is 0.742. The summed E-state index contributed by atoms with van der Waals surface area (Å²) in [5.41, 5.74) is 0. The van der Waals surface area contributed by atoms with Crippen molar-refractivity contribution in [3.8, 4) is 0 Å². The third-order valence-electron chi connectivity index (χ3n) is 2.34. The Labute approximate surface area is 68.4 Å². The van der Waals surface area contributed by atoms with E-state index in [2.05, 4.69) is 5.32 Å². The molecule has 1 atom stereocenters.